The predicted molar refractivity (Wildman–Crippen MR) is 109 cm³/mol. The first-order valence-corrected chi connectivity index (χ1v) is 9.82. The van der Waals surface area contributed by atoms with E-state index < -0.39 is 0 Å². The van der Waals surface area contributed by atoms with Gasteiger partial charge in [0.05, 0.1) is 12.3 Å². The Morgan fingerprint density at radius 3 is 2.64 bits per heavy atom. The van der Waals surface area contributed by atoms with E-state index in [2.05, 4.69) is 25.6 Å². The molecule has 140 valence electrons. The van der Waals surface area contributed by atoms with Crippen molar-refractivity contribution >= 4 is 46.1 Å². The maximum atomic E-state index is 12.2. The Morgan fingerprint density at radius 2 is 1.86 bits per heavy atom. The molecule has 7 nitrogen and oxygen atoms in total. The molecule has 9 heteroatoms. The summed E-state index contributed by atoms with van der Waals surface area (Å²) in [6.45, 7) is 0.517. The number of aromatic nitrogens is 5. The van der Waals surface area contributed by atoms with Gasteiger partial charge in [0.15, 0.2) is 11.2 Å². The Labute approximate surface area is 170 Å². The number of hydrogen-bond donors (Lipinski definition) is 1. The standard InChI is InChI=1S/C19H15ClN6OS/c20-14-8-6-13(7-9-14)10-26-18-17(24-25-26)19(22-12-21-18)28-11-16(27)23-15-4-2-1-3-5-15/h1-9,12H,10-11H2,(H,23,27). The number of fused-ring (bicyclic) bond motifs is 1. The lowest BCUT2D eigenvalue weighted by Crippen LogP contribution is -2.14. The highest BCUT2D eigenvalue weighted by Crippen LogP contribution is 2.23. The van der Waals surface area contributed by atoms with Crippen LogP contribution in [0.1, 0.15) is 5.56 Å². The smallest absolute Gasteiger partial charge is 0.234 e. The number of rotatable bonds is 6. The number of anilines is 1. The first-order valence-electron chi connectivity index (χ1n) is 8.45. The van der Waals surface area contributed by atoms with Gasteiger partial charge in [-0.25, -0.2) is 14.6 Å². The summed E-state index contributed by atoms with van der Waals surface area (Å²) in [5.41, 5.74) is 2.99. The number of para-hydroxylation sites is 1. The van der Waals surface area contributed by atoms with E-state index in [4.69, 9.17) is 11.6 Å². The summed E-state index contributed by atoms with van der Waals surface area (Å²) >= 11 is 7.23. The molecule has 4 aromatic rings. The van der Waals surface area contributed by atoms with Crippen molar-refractivity contribution in [2.75, 3.05) is 11.1 Å². The zero-order valence-corrected chi connectivity index (χ0v) is 16.2. The second-order valence-electron chi connectivity index (χ2n) is 5.93. The molecule has 2 heterocycles. The summed E-state index contributed by atoms with van der Waals surface area (Å²) < 4.78 is 1.70. The Bertz CT molecular complexity index is 1100. The first kappa shape index (κ1) is 18.4. The van der Waals surface area contributed by atoms with Gasteiger partial charge in [-0.05, 0) is 29.8 Å². The van der Waals surface area contributed by atoms with Gasteiger partial charge in [0, 0.05) is 10.7 Å². The van der Waals surface area contributed by atoms with Crippen molar-refractivity contribution in [3.63, 3.8) is 0 Å². The third kappa shape index (κ3) is 4.29. The highest BCUT2D eigenvalue weighted by Gasteiger charge is 2.14. The second kappa shape index (κ2) is 8.37. The summed E-state index contributed by atoms with van der Waals surface area (Å²) in [6, 6.07) is 16.8. The quantitative estimate of drug-likeness (QED) is 0.385. The zero-order valence-electron chi connectivity index (χ0n) is 14.6. The average molecular weight is 411 g/mol. The molecule has 1 N–H and O–H groups in total. The molecule has 0 atom stereocenters. The summed E-state index contributed by atoms with van der Waals surface area (Å²) in [5, 5.41) is 12.5. The van der Waals surface area contributed by atoms with Crippen LogP contribution in [0, 0.1) is 0 Å². The van der Waals surface area contributed by atoms with Crippen molar-refractivity contribution in [2.45, 2.75) is 11.6 Å². The van der Waals surface area contributed by atoms with E-state index in [0.717, 1.165) is 11.3 Å². The number of nitrogens with zero attached hydrogens (tertiary/aromatic N) is 5. The van der Waals surface area contributed by atoms with Gasteiger partial charge >= 0.3 is 0 Å². The van der Waals surface area contributed by atoms with Gasteiger partial charge in [0.1, 0.15) is 11.4 Å². The van der Waals surface area contributed by atoms with Gasteiger partial charge in [-0.3, -0.25) is 4.79 Å². The molecule has 0 bridgehead atoms. The minimum Gasteiger partial charge on any atom is -0.325 e. The van der Waals surface area contributed by atoms with E-state index in [1.165, 1.54) is 18.1 Å². The van der Waals surface area contributed by atoms with E-state index >= 15 is 0 Å². The van der Waals surface area contributed by atoms with Gasteiger partial charge in [-0.15, -0.1) is 5.10 Å². The van der Waals surface area contributed by atoms with Crippen LogP contribution in [0.3, 0.4) is 0 Å². The molecular formula is C19H15ClN6OS. The second-order valence-corrected chi connectivity index (χ2v) is 7.33. The molecule has 0 saturated carbocycles. The number of carbonyl (C=O) groups excluding carboxylic acids is 1. The predicted octanol–water partition coefficient (Wildman–Crippen LogP) is 3.65. The van der Waals surface area contributed by atoms with E-state index in [0.29, 0.717) is 27.8 Å². The molecule has 1 amide bonds. The lowest BCUT2D eigenvalue weighted by Gasteiger charge is -2.05. The summed E-state index contributed by atoms with van der Waals surface area (Å²) in [7, 11) is 0. The maximum Gasteiger partial charge on any atom is 0.234 e. The number of nitrogens with one attached hydrogen (secondary N) is 1. The van der Waals surface area contributed by atoms with Crippen LogP contribution in [0.5, 0.6) is 0 Å². The van der Waals surface area contributed by atoms with E-state index in [1.54, 1.807) is 4.68 Å². The summed E-state index contributed by atoms with van der Waals surface area (Å²) in [5.74, 6) is 0.0990. The van der Waals surface area contributed by atoms with E-state index in [1.807, 2.05) is 54.6 Å². The number of benzene rings is 2. The van der Waals surface area contributed by atoms with Gasteiger partial charge < -0.3 is 5.32 Å². The highest BCUT2D eigenvalue weighted by atomic mass is 35.5. The number of carbonyl (C=O) groups is 1. The lowest BCUT2D eigenvalue weighted by atomic mass is 10.2. The van der Waals surface area contributed by atoms with Crippen molar-refractivity contribution in [3.05, 3.63) is 71.5 Å². The molecular weight excluding hydrogens is 396 g/mol. The van der Waals surface area contributed by atoms with Crippen LogP contribution >= 0.6 is 23.4 Å². The van der Waals surface area contributed by atoms with Crippen LogP contribution in [0.4, 0.5) is 5.69 Å². The number of amides is 1. The average Bonchev–Trinajstić information content (AvgIpc) is 3.12. The minimum absolute atomic E-state index is 0.114. The molecule has 0 aliphatic rings. The molecule has 0 spiro atoms. The van der Waals surface area contributed by atoms with Crippen LogP contribution in [0.2, 0.25) is 5.02 Å². The van der Waals surface area contributed by atoms with Crippen molar-refractivity contribution in [3.8, 4) is 0 Å². The van der Waals surface area contributed by atoms with Crippen LogP contribution in [-0.2, 0) is 11.3 Å². The lowest BCUT2D eigenvalue weighted by molar-refractivity contribution is -0.113. The first-order chi connectivity index (χ1) is 13.7. The number of halogens is 1. The van der Waals surface area contributed by atoms with Gasteiger partial charge in [0.25, 0.3) is 0 Å². The molecule has 2 aromatic carbocycles. The highest BCUT2D eigenvalue weighted by molar-refractivity contribution is 8.00. The Balaban J connectivity index is 1.47. The molecule has 0 unspecified atom stereocenters. The van der Waals surface area contributed by atoms with Crippen LogP contribution < -0.4 is 5.32 Å². The van der Waals surface area contributed by atoms with Gasteiger partial charge in [-0.1, -0.05) is 58.9 Å². The third-order valence-electron chi connectivity index (χ3n) is 3.91. The van der Waals surface area contributed by atoms with Crippen molar-refractivity contribution in [1.82, 2.24) is 25.0 Å². The molecule has 0 fully saturated rings. The van der Waals surface area contributed by atoms with Crippen molar-refractivity contribution in [2.24, 2.45) is 0 Å². The number of hydrogen-bond acceptors (Lipinski definition) is 6. The normalized spacial score (nSPS) is 10.9. The fourth-order valence-electron chi connectivity index (χ4n) is 2.60. The SMILES string of the molecule is O=C(CSc1ncnc2c1nnn2Cc1ccc(Cl)cc1)Nc1ccccc1. The minimum atomic E-state index is -0.114. The maximum absolute atomic E-state index is 12.2. The van der Waals surface area contributed by atoms with Crippen LogP contribution in [-0.4, -0.2) is 36.6 Å². The largest absolute Gasteiger partial charge is 0.325 e. The molecule has 28 heavy (non-hydrogen) atoms. The van der Waals surface area contributed by atoms with Gasteiger partial charge in [-0.2, -0.15) is 0 Å². The van der Waals surface area contributed by atoms with Crippen molar-refractivity contribution in [1.29, 1.82) is 0 Å². The third-order valence-corrected chi connectivity index (χ3v) is 5.14. The molecule has 0 radical (unpaired) electrons. The zero-order chi connectivity index (χ0) is 19.3. The van der Waals surface area contributed by atoms with Crippen LogP contribution in [0.15, 0.2) is 66.0 Å². The van der Waals surface area contributed by atoms with Crippen LogP contribution in [0.25, 0.3) is 11.2 Å². The fraction of sp³-hybridized carbons (Fsp3) is 0.105. The van der Waals surface area contributed by atoms with Gasteiger partial charge in [0.2, 0.25) is 5.91 Å². The summed E-state index contributed by atoms with van der Waals surface area (Å²) in [6.07, 6.45) is 1.46. The molecule has 0 saturated heterocycles. The Hall–Kier alpha value is -2.97. The molecule has 0 aliphatic heterocycles. The fourth-order valence-corrected chi connectivity index (χ4v) is 3.46. The Morgan fingerprint density at radius 1 is 1.07 bits per heavy atom. The van der Waals surface area contributed by atoms with E-state index in [9.17, 15) is 4.79 Å². The monoisotopic (exact) mass is 410 g/mol. The molecule has 4 rings (SSSR count). The van der Waals surface area contributed by atoms with Crippen molar-refractivity contribution < 1.29 is 4.79 Å². The number of thioether (sulfide) groups is 1. The molecule has 2 aromatic heterocycles. The topological polar surface area (TPSA) is 85.6 Å². The van der Waals surface area contributed by atoms with E-state index in [-0.39, 0.29) is 11.7 Å². The Kier molecular flexibility index (Phi) is 5.50. The molecule has 0 aliphatic carbocycles. The summed E-state index contributed by atoms with van der Waals surface area (Å²) in [4.78, 5) is 20.7.